The van der Waals surface area contributed by atoms with Crippen molar-refractivity contribution < 1.29 is 49.2 Å². The minimum atomic E-state index is -5.16. The molecule has 0 aromatic rings. The van der Waals surface area contributed by atoms with Crippen LogP contribution in [0.5, 0.6) is 0 Å². The number of rotatable bonds is 5. The van der Waals surface area contributed by atoms with Crippen molar-refractivity contribution in [2.45, 2.75) is 12.7 Å². The molecule has 16 heavy (non-hydrogen) atoms. The maximum absolute atomic E-state index is 12.0. The number of halogens is 3. The molecule has 1 atom stereocenters. The van der Waals surface area contributed by atoms with E-state index in [2.05, 4.69) is 8.16 Å². The molecule has 0 aromatic carbocycles. The van der Waals surface area contributed by atoms with Crippen LogP contribution in [0.25, 0.3) is 0 Å². The summed E-state index contributed by atoms with van der Waals surface area (Å²) in [6.45, 7) is 1.28. The molecule has 12 heteroatoms. The standard InChI is InChI=1S/C4H9F3N2O4S2.Li/c1-3-9(2)15(11,12)8-14(10,13-7)4(5)6;/h4H,3H2,1-2H3;/q;+1. The Hall–Kier alpha value is 0.207. The first-order valence-corrected chi connectivity index (χ1v) is 6.41. The molecule has 0 radical (unpaired) electrons. The Morgan fingerprint density at radius 2 is 1.81 bits per heavy atom. The van der Waals surface area contributed by atoms with E-state index in [0.29, 0.717) is 4.31 Å². The van der Waals surface area contributed by atoms with E-state index < -0.39 is 26.0 Å². The van der Waals surface area contributed by atoms with Crippen LogP contribution in [0.4, 0.5) is 13.3 Å². The molecule has 0 saturated heterocycles. The van der Waals surface area contributed by atoms with Crippen molar-refractivity contribution in [1.82, 2.24) is 4.31 Å². The van der Waals surface area contributed by atoms with Gasteiger partial charge in [0, 0.05) is 13.6 Å². The van der Waals surface area contributed by atoms with Crippen molar-refractivity contribution in [1.29, 1.82) is 0 Å². The normalized spacial score (nSPS) is 15.7. The van der Waals surface area contributed by atoms with E-state index in [4.69, 9.17) is 0 Å². The number of nitrogens with zero attached hydrogens (tertiary/aromatic N) is 2. The molecule has 1 unspecified atom stereocenters. The van der Waals surface area contributed by atoms with Gasteiger partial charge >= 0.3 is 34.8 Å². The van der Waals surface area contributed by atoms with Crippen LogP contribution in [-0.2, 0) is 24.6 Å². The van der Waals surface area contributed by atoms with Crippen LogP contribution in [-0.4, -0.2) is 36.3 Å². The molecule has 0 aromatic heterocycles. The van der Waals surface area contributed by atoms with Crippen molar-refractivity contribution >= 4 is 20.2 Å². The number of hydrogen-bond acceptors (Lipinski definition) is 4. The third kappa shape index (κ3) is 4.60. The Kier molecular flexibility index (Phi) is 7.92. The van der Waals surface area contributed by atoms with Crippen molar-refractivity contribution in [3.8, 4) is 0 Å². The van der Waals surface area contributed by atoms with Gasteiger partial charge in [0.05, 0.1) is 0 Å². The Bertz CT molecular complexity index is 419. The molecule has 0 bridgehead atoms. The van der Waals surface area contributed by atoms with Gasteiger partial charge in [-0.1, -0.05) is 15.1 Å². The van der Waals surface area contributed by atoms with Crippen LogP contribution < -0.4 is 18.9 Å². The zero-order valence-corrected chi connectivity index (χ0v) is 10.4. The van der Waals surface area contributed by atoms with Gasteiger partial charge in [0.1, 0.15) is 0 Å². The Morgan fingerprint density at radius 3 is 2.06 bits per heavy atom. The monoisotopic (exact) mass is 277 g/mol. The zero-order valence-electron chi connectivity index (χ0n) is 8.76. The SMILES string of the molecule is CCN(C)S(=O)(=O)N=S(=O)(OF)C(F)F.[Li+]. The van der Waals surface area contributed by atoms with Gasteiger partial charge in [0.25, 0.3) is 10.0 Å². The molecule has 0 saturated carbocycles. The average molecular weight is 277 g/mol. The number of alkyl halides is 2. The maximum Gasteiger partial charge on any atom is 1.00 e. The summed E-state index contributed by atoms with van der Waals surface area (Å²) >= 11 is 0. The summed E-state index contributed by atoms with van der Waals surface area (Å²) in [7, 11) is -8.75. The Labute approximate surface area is 104 Å². The maximum atomic E-state index is 12.0. The van der Waals surface area contributed by atoms with Gasteiger partial charge in [-0.2, -0.15) is 21.5 Å². The van der Waals surface area contributed by atoms with E-state index in [1.54, 1.807) is 0 Å². The van der Waals surface area contributed by atoms with E-state index in [1.807, 2.05) is 0 Å². The summed E-state index contributed by atoms with van der Waals surface area (Å²) in [5.74, 6) is -3.86. The van der Waals surface area contributed by atoms with Crippen LogP contribution in [0, 0.1) is 0 Å². The van der Waals surface area contributed by atoms with Gasteiger partial charge in [0.15, 0.2) is 0 Å². The minimum Gasteiger partial charge on any atom is -0.211 e. The molecule has 0 heterocycles. The fourth-order valence-electron chi connectivity index (χ4n) is 0.423. The molecular formula is C4H9F3LiN2O4S2+. The second kappa shape index (κ2) is 6.83. The molecule has 0 aliphatic carbocycles. The van der Waals surface area contributed by atoms with E-state index in [9.17, 15) is 25.9 Å². The molecule has 6 nitrogen and oxygen atoms in total. The second-order valence-corrected chi connectivity index (χ2v) is 5.93. The summed E-state index contributed by atoms with van der Waals surface area (Å²) in [6.07, 6.45) is 0. The first-order chi connectivity index (χ1) is 6.69. The zero-order chi connectivity index (χ0) is 12.3. The van der Waals surface area contributed by atoms with Crippen LogP contribution in [0.3, 0.4) is 0 Å². The fourth-order valence-corrected chi connectivity index (χ4v) is 2.66. The summed E-state index contributed by atoms with van der Waals surface area (Å²) in [4.78, 5) is 0. The molecule has 0 N–H and O–H groups in total. The predicted octanol–water partition coefficient (Wildman–Crippen LogP) is -2.31. The smallest absolute Gasteiger partial charge is 0.211 e. The van der Waals surface area contributed by atoms with E-state index in [0.717, 1.165) is 7.05 Å². The minimum absolute atomic E-state index is 0. The van der Waals surface area contributed by atoms with Gasteiger partial charge in [-0.05, 0) is 4.53 Å². The van der Waals surface area contributed by atoms with Gasteiger partial charge in [-0.3, -0.25) is 0 Å². The first-order valence-electron chi connectivity index (χ1n) is 3.51. The van der Waals surface area contributed by atoms with Gasteiger partial charge in [0.2, 0.25) is 0 Å². The fraction of sp³-hybridized carbons (Fsp3) is 1.00. The van der Waals surface area contributed by atoms with Crippen molar-refractivity contribution in [3.63, 3.8) is 0 Å². The first kappa shape index (κ1) is 18.6. The molecule has 0 amide bonds. The summed E-state index contributed by atoms with van der Waals surface area (Å²) in [5.41, 5.74) is 0. The molecule has 0 aliphatic heterocycles. The van der Waals surface area contributed by atoms with Crippen LogP contribution >= 0.6 is 0 Å². The molecule has 0 spiro atoms. The van der Waals surface area contributed by atoms with Gasteiger partial charge in [-0.15, -0.1) is 0 Å². The molecule has 0 aliphatic rings. The number of hydrogen-bond donors (Lipinski definition) is 0. The third-order valence-corrected chi connectivity index (χ3v) is 4.61. The second-order valence-electron chi connectivity index (χ2n) is 2.31. The summed E-state index contributed by atoms with van der Waals surface area (Å²) < 4.78 is 73.5. The van der Waals surface area contributed by atoms with E-state index in [1.165, 1.54) is 6.92 Å². The van der Waals surface area contributed by atoms with Crippen LogP contribution in [0.15, 0.2) is 3.77 Å². The van der Waals surface area contributed by atoms with Crippen molar-refractivity contribution in [2.75, 3.05) is 13.6 Å². The molecular weight excluding hydrogens is 268 g/mol. The molecule has 92 valence electrons. The largest absolute Gasteiger partial charge is 1.00 e. The van der Waals surface area contributed by atoms with E-state index >= 15 is 0 Å². The predicted molar refractivity (Wildman–Crippen MR) is 46.0 cm³/mol. The van der Waals surface area contributed by atoms with Crippen molar-refractivity contribution in [3.05, 3.63) is 0 Å². The Balaban J connectivity index is 0. The quantitative estimate of drug-likeness (QED) is 0.529. The summed E-state index contributed by atoms with van der Waals surface area (Å²) in [5, 5.41) is 0. The van der Waals surface area contributed by atoms with Crippen molar-refractivity contribution in [2.24, 2.45) is 3.77 Å². The van der Waals surface area contributed by atoms with Crippen LogP contribution in [0.2, 0.25) is 0 Å². The summed E-state index contributed by atoms with van der Waals surface area (Å²) in [6, 6.07) is 0. The average Bonchev–Trinajstić information content (AvgIpc) is 2.15. The van der Waals surface area contributed by atoms with E-state index in [-0.39, 0.29) is 25.4 Å². The van der Waals surface area contributed by atoms with Gasteiger partial charge < -0.3 is 0 Å². The van der Waals surface area contributed by atoms with Gasteiger partial charge in [-0.25, -0.2) is 4.21 Å². The third-order valence-electron chi connectivity index (χ3n) is 1.35. The van der Waals surface area contributed by atoms with Crippen LogP contribution in [0.1, 0.15) is 6.92 Å². The topological polar surface area (TPSA) is 76.0 Å². The molecule has 0 rings (SSSR count). The Morgan fingerprint density at radius 1 is 1.38 bits per heavy atom. The molecule has 0 fully saturated rings.